The molecule has 1 saturated heterocycles. The summed E-state index contributed by atoms with van der Waals surface area (Å²) in [6, 6.07) is 8.08. The molecule has 2 rings (SSSR count). The van der Waals surface area contributed by atoms with Crippen LogP contribution in [0.2, 0.25) is 5.02 Å². The Balaban J connectivity index is 1.80. The van der Waals surface area contributed by atoms with Crippen LogP contribution < -0.4 is 5.32 Å². The third-order valence-corrected chi connectivity index (χ3v) is 3.75. The van der Waals surface area contributed by atoms with E-state index in [9.17, 15) is 4.79 Å². The normalized spacial score (nSPS) is 18.9. The van der Waals surface area contributed by atoms with Gasteiger partial charge < -0.3 is 15.0 Å². The van der Waals surface area contributed by atoms with Crippen molar-refractivity contribution in [3.05, 3.63) is 34.9 Å². The summed E-state index contributed by atoms with van der Waals surface area (Å²) in [4.78, 5) is 13.7. The third-order valence-electron chi connectivity index (χ3n) is 3.38. The quantitative estimate of drug-likeness (QED) is 0.930. The van der Waals surface area contributed by atoms with Crippen molar-refractivity contribution in [2.75, 3.05) is 13.1 Å². The first-order chi connectivity index (χ1) is 9.85. The molecule has 1 atom stereocenters. The van der Waals surface area contributed by atoms with Gasteiger partial charge in [-0.05, 0) is 38.8 Å². The Kier molecular flexibility index (Phi) is 5.12. The fourth-order valence-corrected chi connectivity index (χ4v) is 2.52. The number of ether oxygens (including phenoxy) is 1. The molecule has 0 aliphatic carbocycles. The van der Waals surface area contributed by atoms with Crippen molar-refractivity contribution in [3.8, 4) is 0 Å². The first kappa shape index (κ1) is 16.1. The molecule has 0 saturated carbocycles. The van der Waals surface area contributed by atoms with E-state index in [-0.39, 0.29) is 12.1 Å². The fraction of sp³-hybridized carbons (Fsp3) is 0.562. The lowest BCUT2D eigenvalue weighted by Crippen LogP contribution is -2.38. The van der Waals surface area contributed by atoms with E-state index in [0.29, 0.717) is 13.1 Å². The zero-order valence-electron chi connectivity index (χ0n) is 12.9. The van der Waals surface area contributed by atoms with Crippen molar-refractivity contribution in [2.45, 2.75) is 45.4 Å². The predicted molar refractivity (Wildman–Crippen MR) is 84.5 cm³/mol. The van der Waals surface area contributed by atoms with Crippen molar-refractivity contribution in [1.29, 1.82) is 0 Å². The zero-order chi connectivity index (χ0) is 15.5. The van der Waals surface area contributed by atoms with Crippen LogP contribution in [0.25, 0.3) is 0 Å². The minimum absolute atomic E-state index is 0.232. The molecule has 0 radical (unpaired) electrons. The number of benzene rings is 1. The second kappa shape index (κ2) is 6.67. The SMILES string of the molecule is CC(C)(C)OC(=O)N1CC[C@H](NCc2ccccc2Cl)C1. The van der Waals surface area contributed by atoms with E-state index in [1.54, 1.807) is 4.90 Å². The van der Waals surface area contributed by atoms with Gasteiger partial charge in [0.2, 0.25) is 0 Å². The van der Waals surface area contributed by atoms with Crippen LogP contribution >= 0.6 is 11.6 Å². The smallest absolute Gasteiger partial charge is 0.410 e. The lowest BCUT2D eigenvalue weighted by molar-refractivity contribution is 0.0291. The number of hydrogen-bond acceptors (Lipinski definition) is 3. The molecule has 1 aliphatic heterocycles. The average molecular weight is 311 g/mol. The number of carbonyl (C=O) groups is 1. The highest BCUT2D eigenvalue weighted by Crippen LogP contribution is 2.18. The van der Waals surface area contributed by atoms with Crippen LogP contribution in [0.4, 0.5) is 4.79 Å². The van der Waals surface area contributed by atoms with Crippen LogP contribution in [0, 0.1) is 0 Å². The largest absolute Gasteiger partial charge is 0.444 e. The highest BCUT2D eigenvalue weighted by molar-refractivity contribution is 6.31. The summed E-state index contributed by atoms with van der Waals surface area (Å²) in [5.41, 5.74) is 0.634. The first-order valence-corrected chi connectivity index (χ1v) is 7.68. The second-order valence-electron chi connectivity index (χ2n) is 6.38. The standard InChI is InChI=1S/C16H23ClN2O2/c1-16(2,3)21-15(20)19-9-8-13(11-19)18-10-12-6-4-5-7-14(12)17/h4-7,13,18H,8-11H2,1-3H3/t13-/m0/s1. The lowest BCUT2D eigenvalue weighted by Gasteiger charge is -2.24. The lowest BCUT2D eigenvalue weighted by atomic mass is 10.2. The van der Waals surface area contributed by atoms with E-state index in [0.717, 1.165) is 23.6 Å². The highest BCUT2D eigenvalue weighted by Gasteiger charge is 2.29. The maximum absolute atomic E-state index is 12.0. The summed E-state index contributed by atoms with van der Waals surface area (Å²) in [5.74, 6) is 0. The number of likely N-dealkylation sites (tertiary alicyclic amines) is 1. The molecule has 4 nitrogen and oxygen atoms in total. The zero-order valence-corrected chi connectivity index (χ0v) is 13.6. The van der Waals surface area contributed by atoms with E-state index >= 15 is 0 Å². The van der Waals surface area contributed by atoms with Crippen molar-refractivity contribution in [1.82, 2.24) is 10.2 Å². The number of hydrogen-bond donors (Lipinski definition) is 1. The van der Waals surface area contributed by atoms with Gasteiger partial charge in [0, 0.05) is 30.7 Å². The molecule has 1 fully saturated rings. The number of nitrogens with one attached hydrogen (secondary N) is 1. The van der Waals surface area contributed by atoms with Gasteiger partial charge >= 0.3 is 6.09 Å². The summed E-state index contributed by atoms with van der Waals surface area (Å²) in [7, 11) is 0. The molecule has 1 aromatic rings. The molecule has 0 aromatic heterocycles. The minimum Gasteiger partial charge on any atom is -0.444 e. The molecule has 5 heteroatoms. The Morgan fingerprint density at radius 1 is 1.43 bits per heavy atom. The van der Waals surface area contributed by atoms with Gasteiger partial charge in [0.15, 0.2) is 0 Å². The molecular formula is C16H23ClN2O2. The molecule has 1 aromatic carbocycles. The predicted octanol–water partition coefficient (Wildman–Crippen LogP) is 3.44. The second-order valence-corrected chi connectivity index (χ2v) is 6.79. The van der Waals surface area contributed by atoms with Crippen molar-refractivity contribution < 1.29 is 9.53 Å². The topological polar surface area (TPSA) is 41.6 Å². The molecule has 21 heavy (non-hydrogen) atoms. The Morgan fingerprint density at radius 2 is 2.14 bits per heavy atom. The van der Waals surface area contributed by atoms with E-state index in [4.69, 9.17) is 16.3 Å². The molecule has 116 valence electrons. The molecule has 1 N–H and O–H groups in total. The van der Waals surface area contributed by atoms with Crippen molar-refractivity contribution in [2.24, 2.45) is 0 Å². The molecule has 0 spiro atoms. The summed E-state index contributed by atoms with van der Waals surface area (Å²) in [5, 5.41) is 4.22. The van der Waals surface area contributed by atoms with Gasteiger partial charge in [-0.1, -0.05) is 29.8 Å². The molecule has 0 bridgehead atoms. The van der Waals surface area contributed by atoms with Crippen molar-refractivity contribution >= 4 is 17.7 Å². The summed E-state index contributed by atoms with van der Waals surface area (Å²) in [6.07, 6.45) is 0.702. The van der Waals surface area contributed by atoms with Gasteiger partial charge in [-0.3, -0.25) is 0 Å². The number of amides is 1. The van der Waals surface area contributed by atoms with E-state index in [1.807, 2.05) is 45.0 Å². The Hall–Kier alpha value is -1.26. The van der Waals surface area contributed by atoms with Gasteiger partial charge in [-0.15, -0.1) is 0 Å². The number of nitrogens with zero attached hydrogens (tertiary/aromatic N) is 1. The Morgan fingerprint density at radius 3 is 2.81 bits per heavy atom. The van der Waals surface area contributed by atoms with E-state index < -0.39 is 5.60 Å². The Labute approximate surface area is 131 Å². The third kappa shape index (κ3) is 4.90. The van der Waals surface area contributed by atoms with Crippen LogP contribution in [-0.4, -0.2) is 35.7 Å². The fourth-order valence-electron chi connectivity index (χ4n) is 2.32. The summed E-state index contributed by atoms with van der Waals surface area (Å²) >= 11 is 6.14. The van der Waals surface area contributed by atoms with Gasteiger partial charge in [-0.2, -0.15) is 0 Å². The summed E-state index contributed by atoms with van der Waals surface area (Å²) in [6.45, 7) is 7.78. The van der Waals surface area contributed by atoms with E-state index in [2.05, 4.69) is 5.32 Å². The van der Waals surface area contributed by atoms with Gasteiger partial charge in [-0.25, -0.2) is 4.79 Å². The monoisotopic (exact) mass is 310 g/mol. The molecule has 0 unspecified atom stereocenters. The average Bonchev–Trinajstić information content (AvgIpc) is 2.85. The number of carbonyl (C=O) groups excluding carboxylic acids is 1. The molecule has 1 amide bonds. The Bertz CT molecular complexity index is 499. The first-order valence-electron chi connectivity index (χ1n) is 7.30. The molecule has 1 heterocycles. The molecule has 1 aliphatic rings. The van der Waals surface area contributed by atoms with Gasteiger partial charge in [0.1, 0.15) is 5.60 Å². The number of rotatable bonds is 3. The molecular weight excluding hydrogens is 288 g/mol. The number of halogens is 1. The highest BCUT2D eigenvalue weighted by atomic mass is 35.5. The van der Waals surface area contributed by atoms with Crippen LogP contribution in [0.5, 0.6) is 0 Å². The van der Waals surface area contributed by atoms with Crippen LogP contribution in [0.15, 0.2) is 24.3 Å². The summed E-state index contributed by atoms with van der Waals surface area (Å²) < 4.78 is 5.39. The minimum atomic E-state index is -0.444. The van der Waals surface area contributed by atoms with Crippen LogP contribution in [0.1, 0.15) is 32.8 Å². The van der Waals surface area contributed by atoms with E-state index in [1.165, 1.54) is 0 Å². The maximum Gasteiger partial charge on any atom is 0.410 e. The van der Waals surface area contributed by atoms with Crippen LogP contribution in [0.3, 0.4) is 0 Å². The maximum atomic E-state index is 12.0. The van der Waals surface area contributed by atoms with Gasteiger partial charge in [0.05, 0.1) is 0 Å². The van der Waals surface area contributed by atoms with Crippen LogP contribution in [-0.2, 0) is 11.3 Å². The van der Waals surface area contributed by atoms with Gasteiger partial charge in [0.25, 0.3) is 0 Å². The van der Waals surface area contributed by atoms with Crippen molar-refractivity contribution in [3.63, 3.8) is 0 Å².